The van der Waals surface area contributed by atoms with E-state index < -0.39 is 0 Å². The van der Waals surface area contributed by atoms with Gasteiger partial charge in [0, 0.05) is 38.9 Å². The molecule has 3 heteroatoms. The molecule has 0 aliphatic heterocycles. The summed E-state index contributed by atoms with van der Waals surface area (Å²) in [6, 6.07) is 52.2. The van der Waals surface area contributed by atoms with Crippen LogP contribution in [0, 0.1) is 0 Å². The van der Waals surface area contributed by atoms with Crippen LogP contribution >= 0.6 is 0 Å². The van der Waals surface area contributed by atoms with Crippen LogP contribution in [-0.4, -0.2) is 15.0 Å². The maximum Gasteiger partial charge on any atom is 0.0972 e. The number of nitrogens with zero attached hydrogens (tertiary/aromatic N) is 3. The van der Waals surface area contributed by atoms with Crippen molar-refractivity contribution in [3.05, 3.63) is 163 Å². The van der Waals surface area contributed by atoms with Crippen LogP contribution in [0.1, 0.15) is 25.0 Å². The molecule has 0 saturated carbocycles. The minimum absolute atomic E-state index is 0.212. The smallest absolute Gasteiger partial charge is 0.0972 e. The first-order valence-corrected chi connectivity index (χ1v) is 16.9. The maximum atomic E-state index is 5.38. The zero-order valence-corrected chi connectivity index (χ0v) is 27.3. The second-order valence-corrected chi connectivity index (χ2v) is 13.6. The zero-order chi connectivity index (χ0) is 32.7. The molecule has 0 bridgehead atoms. The van der Waals surface area contributed by atoms with E-state index in [0.29, 0.717) is 0 Å². The van der Waals surface area contributed by atoms with E-state index in [9.17, 15) is 0 Å². The Hall–Kier alpha value is -6.19. The lowest BCUT2D eigenvalue weighted by molar-refractivity contribution is 0.662. The van der Waals surface area contributed by atoms with Gasteiger partial charge in [-0.2, -0.15) is 0 Å². The Kier molecular flexibility index (Phi) is 5.92. The molecule has 0 unspecified atom stereocenters. The Balaban J connectivity index is 1.18. The largest absolute Gasteiger partial charge is 0.254 e. The van der Waals surface area contributed by atoms with Gasteiger partial charge in [-0.3, -0.25) is 4.98 Å². The van der Waals surface area contributed by atoms with Gasteiger partial charge in [-0.15, -0.1) is 0 Å². The molecule has 3 nitrogen and oxygen atoms in total. The van der Waals surface area contributed by atoms with Crippen LogP contribution in [0.4, 0.5) is 0 Å². The summed E-state index contributed by atoms with van der Waals surface area (Å²) >= 11 is 0. The van der Waals surface area contributed by atoms with Crippen molar-refractivity contribution in [1.82, 2.24) is 15.0 Å². The van der Waals surface area contributed by atoms with E-state index in [1.54, 1.807) is 0 Å². The zero-order valence-electron chi connectivity index (χ0n) is 27.3. The van der Waals surface area contributed by atoms with Crippen molar-refractivity contribution in [2.24, 2.45) is 0 Å². The molecule has 0 fully saturated rings. The number of fused-ring (bicyclic) bond motifs is 9. The number of hydrogen-bond acceptors (Lipinski definition) is 3. The summed E-state index contributed by atoms with van der Waals surface area (Å²) in [7, 11) is 0. The fourth-order valence-corrected chi connectivity index (χ4v) is 8.09. The van der Waals surface area contributed by atoms with Gasteiger partial charge in [-0.05, 0) is 74.5 Å². The minimum Gasteiger partial charge on any atom is -0.254 e. The average molecular weight is 626 g/mol. The van der Waals surface area contributed by atoms with Gasteiger partial charge >= 0.3 is 0 Å². The van der Waals surface area contributed by atoms with Crippen molar-refractivity contribution >= 4 is 43.5 Å². The summed E-state index contributed by atoms with van der Waals surface area (Å²) in [6.07, 6.45) is 1.84. The van der Waals surface area contributed by atoms with E-state index in [0.717, 1.165) is 49.8 Å². The third-order valence-electron chi connectivity index (χ3n) is 10.4. The van der Waals surface area contributed by atoms with Crippen LogP contribution in [0.3, 0.4) is 0 Å². The van der Waals surface area contributed by atoms with E-state index in [2.05, 4.69) is 158 Å². The normalized spacial score (nSPS) is 13.3. The lowest BCUT2D eigenvalue weighted by Gasteiger charge is -2.26. The predicted molar refractivity (Wildman–Crippen MR) is 204 cm³/mol. The van der Waals surface area contributed by atoms with E-state index in [4.69, 9.17) is 9.97 Å². The first-order chi connectivity index (χ1) is 24.0. The molecule has 3 aromatic heterocycles. The lowest BCUT2D eigenvalue weighted by atomic mass is 9.77. The Bertz CT molecular complexity index is 2810. The molecule has 230 valence electrons. The molecular weight excluding hydrogens is 595 g/mol. The van der Waals surface area contributed by atoms with Crippen LogP contribution in [0.15, 0.2) is 152 Å². The monoisotopic (exact) mass is 625 g/mol. The molecule has 9 aromatic rings. The van der Waals surface area contributed by atoms with Crippen molar-refractivity contribution in [2.75, 3.05) is 0 Å². The predicted octanol–water partition coefficient (Wildman–Crippen LogP) is 11.8. The number of pyridine rings is 3. The Morgan fingerprint density at radius 3 is 2.06 bits per heavy atom. The molecule has 3 heterocycles. The van der Waals surface area contributed by atoms with E-state index in [1.807, 2.05) is 12.3 Å². The van der Waals surface area contributed by atoms with Crippen molar-refractivity contribution in [2.45, 2.75) is 19.3 Å². The third kappa shape index (κ3) is 4.19. The summed E-state index contributed by atoms with van der Waals surface area (Å²) in [5, 5.41) is 5.85. The van der Waals surface area contributed by atoms with Gasteiger partial charge in [0.05, 0.1) is 27.9 Å². The van der Waals surface area contributed by atoms with Crippen LogP contribution in [0.2, 0.25) is 0 Å². The number of rotatable bonds is 3. The van der Waals surface area contributed by atoms with Crippen LogP contribution in [-0.2, 0) is 5.41 Å². The highest BCUT2D eigenvalue weighted by atomic mass is 14.8. The fraction of sp³-hybridized carbons (Fsp3) is 0.0652. The van der Waals surface area contributed by atoms with Crippen molar-refractivity contribution in [3.63, 3.8) is 0 Å². The lowest BCUT2D eigenvalue weighted by Crippen LogP contribution is -2.16. The molecule has 0 radical (unpaired) electrons. The molecule has 6 aromatic carbocycles. The highest BCUT2D eigenvalue weighted by molar-refractivity contribution is 6.16. The van der Waals surface area contributed by atoms with Gasteiger partial charge in [-0.25, -0.2) is 9.97 Å². The summed E-state index contributed by atoms with van der Waals surface area (Å²) in [4.78, 5) is 15.2. The van der Waals surface area contributed by atoms with Crippen molar-refractivity contribution in [1.29, 1.82) is 0 Å². The second kappa shape index (κ2) is 10.4. The molecule has 49 heavy (non-hydrogen) atoms. The topological polar surface area (TPSA) is 38.7 Å². The average Bonchev–Trinajstić information content (AvgIpc) is 3.39. The highest BCUT2D eigenvalue weighted by Crippen LogP contribution is 2.54. The van der Waals surface area contributed by atoms with Crippen LogP contribution in [0.5, 0.6) is 0 Å². The van der Waals surface area contributed by atoms with Crippen LogP contribution in [0.25, 0.3) is 88.2 Å². The minimum atomic E-state index is -0.212. The quantitative estimate of drug-likeness (QED) is 0.183. The van der Waals surface area contributed by atoms with E-state index in [1.165, 1.54) is 49.5 Å². The standard InChI is InChI=1S/C46H31N3/c1-46(2)37-18-6-5-17-36(37)45-42(46)40(41-35-16-4-3-10-28(35)21-24-39(41)49-45)34-14-8-12-32(27-34)31-11-7-13-33(26-31)38-23-22-30-20-19-29-15-9-25-47-43(29)44(30)48-38/h3-27H,1-2H3. The van der Waals surface area contributed by atoms with E-state index in [-0.39, 0.29) is 5.41 Å². The van der Waals surface area contributed by atoms with Gasteiger partial charge in [0.15, 0.2) is 0 Å². The van der Waals surface area contributed by atoms with Crippen molar-refractivity contribution < 1.29 is 0 Å². The summed E-state index contributed by atoms with van der Waals surface area (Å²) in [5.74, 6) is 0. The third-order valence-corrected chi connectivity index (χ3v) is 10.4. The van der Waals surface area contributed by atoms with Crippen molar-refractivity contribution in [3.8, 4) is 44.8 Å². The van der Waals surface area contributed by atoms with Gasteiger partial charge in [0.2, 0.25) is 0 Å². The molecule has 1 aliphatic rings. The summed E-state index contributed by atoms with van der Waals surface area (Å²) < 4.78 is 0. The van der Waals surface area contributed by atoms with Gasteiger partial charge < -0.3 is 0 Å². The SMILES string of the molecule is CC1(C)c2ccccc2-c2nc3ccc4ccccc4c3c(-c3cccc(-c4cccc(-c5ccc6ccc7cccnc7c6n5)c4)c3)c21. The fourth-order valence-electron chi connectivity index (χ4n) is 8.09. The first-order valence-electron chi connectivity index (χ1n) is 16.9. The van der Waals surface area contributed by atoms with Gasteiger partial charge in [0.25, 0.3) is 0 Å². The van der Waals surface area contributed by atoms with E-state index >= 15 is 0 Å². The number of hydrogen-bond donors (Lipinski definition) is 0. The second-order valence-electron chi connectivity index (χ2n) is 13.6. The number of aromatic nitrogens is 3. The first kappa shape index (κ1) is 27.9. The molecule has 1 aliphatic carbocycles. The molecule has 0 N–H and O–H groups in total. The van der Waals surface area contributed by atoms with Gasteiger partial charge in [-0.1, -0.05) is 129 Å². The molecule has 0 atom stereocenters. The maximum absolute atomic E-state index is 5.38. The Labute approximate surface area is 284 Å². The Morgan fingerprint density at radius 2 is 1.18 bits per heavy atom. The summed E-state index contributed by atoms with van der Waals surface area (Å²) in [5.41, 5.74) is 14.4. The molecule has 10 rings (SSSR count). The molecule has 0 saturated heterocycles. The van der Waals surface area contributed by atoms with Crippen LogP contribution < -0.4 is 0 Å². The Morgan fingerprint density at radius 1 is 0.510 bits per heavy atom. The molecule has 0 amide bonds. The summed E-state index contributed by atoms with van der Waals surface area (Å²) in [6.45, 7) is 4.70. The van der Waals surface area contributed by atoms with Gasteiger partial charge in [0.1, 0.15) is 0 Å². The number of benzene rings is 6. The molecule has 0 spiro atoms. The molecular formula is C46H31N3. The highest BCUT2D eigenvalue weighted by Gasteiger charge is 2.39.